The van der Waals surface area contributed by atoms with Gasteiger partial charge in [-0.15, -0.1) is 0 Å². The van der Waals surface area contributed by atoms with E-state index in [0.717, 1.165) is 30.1 Å². The van der Waals surface area contributed by atoms with E-state index in [2.05, 4.69) is 16.0 Å². The first-order chi connectivity index (χ1) is 13.5. The second kappa shape index (κ2) is 7.81. The van der Waals surface area contributed by atoms with Crippen LogP contribution in [0.3, 0.4) is 0 Å². The van der Waals surface area contributed by atoms with Crippen molar-refractivity contribution in [1.29, 1.82) is 0 Å². The molecule has 0 radical (unpaired) electrons. The smallest absolute Gasteiger partial charge is 0.262 e. The van der Waals surface area contributed by atoms with Gasteiger partial charge in [0.2, 0.25) is 11.8 Å². The van der Waals surface area contributed by atoms with Gasteiger partial charge in [0.1, 0.15) is 6.04 Å². The lowest BCUT2D eigenvalue weighted by Crippen LogP contribution is -2.54. The molecule has 3 aliphatic rings. The third-order valence-corrected chi connectivity index (χ3v) is 5.67. The normalized spacial score (nSPS) is 25.1. The fraction of sp³-hybridized carbons (Fsp3) is 0.500. The van der Waals surface area contributed by atoms with Gasteiger partial charge in [-0.3, -0.25) is 29.4 Å². The monoisotopic (exact) mass is 384 g/mol. The Morgan fingerprint density at radius 1 is 1.07 bits per heavy atom. The average molecular weight is 384 g/mol. The molecule has 1 unspecified atom stereocenters. The second-order valence-corrected chi connectivity index (χ2v) is 7.67. The quantitative estimate of drug-likeness (QED) is 0.625. The number of amides is 4. The Labute approximate surface area is 163 Å². The predicted octanol–water partition coefficient (Wildman–Crippen LogP) is 0.177. The highest BCUT2D eigenvalue weighted by molar-refractivity contribution is 6.23. The van der Waals surface area contributed by atoms with Crippen molar-refractivity contribution in [2.24, 2.45) is 5.92 Å². The first-order valence-electron chi connectivity index (χ1n) is 9.80. The maximum Gasteiger partial charge on any atom is 0.262 e. The number of rotatable bonds is 5. The molecule has 4 amide bonds. The number of nitrogens with one attached hydrogen (secondary N) is 3. The van der Waals surface area contributed by atoms with Gasteiger partial charge in [-0.05, 0) is 62.5 Å². The molecule has 4 rings (SSSR count). The molecule has 1 aromatic rings. The van der Waals surface area contributed by atoms with E-state index in [4.69, 9.17) is 0 Å². The molecule has 28 heavy (non-hydrogen) atoms. The third kappa shape index (κ3) is 3.57. The summed E-state index contributed by atoms with van der Waals surface area (Å²) in [5, 5.41) is 9.02. The Bertz CT molecular complexity index is 831. The number of benzene rings is 1. The van der Waals surface area contributed by atoms with Gasteiger partial charge in [-0.1, -0.05) is 6.07 Å². The van der Waals surface area contributed by atoms with Crippen LogP contribution in [0.2, 0.25) is 0 Å². The van der Waals surface area contributed by atoms with Gasteiger partial charge in [0.15, 0.2) is 0 Å². The van der Waals surface area contributed by atoms with Crippen LogP contribution >= 0.6 is 0 Å². The largest absolute Gasteiger partial charge is 0.316 e. The van der Waals surface area contributed by atoms with E-state index in [9.17, 15) is 19.2 Å². The van der Waals surface area contributed by atoms with Gasteiger partial charge in [0.05, 0.1) is 11.1 Å². The van der Waals surface area contributed by atoms with Crippen molar-refractivity contribution in [1.82, 2.24) is 20.9 Å². The zero-order chi connectivity index (χ0) is 19.7. The Morgan fingerprint density at radius 2 is 1.89 bits per heavy atom. The summed E-state index contributed by atoms with van der Waals surface area (Å²) in [7, 11) is 0. The number of carbonyl (C=O) groups excluding carboxylic acids is 4. The first kappa shape index (κ1) is 18.8. The third-order valence-electron chi connectivity index (χ3n) is 5.67. The molecule has 8 nitrogen and oxygen atoms in total. The molecule has 3 N–H and O–H groups in total. The Kier molecular flexibility index (Phi) is 5.23. The number of hydrogen-bond donors (Lipinski definition) is 3. The highest BCUT2D eigenvalue weighted by Gasteiger charge is 2.44. The molecule has 0 spiro atoms. The lowest BCUT2D eigenvalue weighted by molar-refractivity contribution is -0.136. The summed E-state index contributed by atoms with van der Waals surface area (Å²) in [6.45, 7) is 3.62. The zero-order valence-corrected chi connectivity index (χ0v) is 15.6. The molecular formula is C20H24N4O4. The van der Waals surface area contributed by atoms with E-state index in [1.807, 2.05) is 6.07 Å². The highest BCUT2D eigenvalue weighted by Crippen LogP contribution is 2.28. The van der Waals surface area contributed by atoms with Crippen molar-refractivity contribution < 1.29 is 19.2 Å². The summed E-state index contributed by atoms with van der Waals surface area (Å²) in [6.07, 6.45) is 2.69. The van der Waals surface area contributed by atoms with Gasteiger partial charge in [-0.2, -0.15) is 0 Å². The van der Waals surface area contributed by atoms with Crippen LogP contribution in [0.25, 0.3) is 0 Å². The topological polar surface area (TPSA) is 108 Å². The van der Waals surface area contributed by atoms with Crippen molar-refractivity contribution in [3.05, 3.63) is 34.9 Å². The van der Waals surface area contributed by atoms with Crippen LogP contribution in [-0.4, -0.2) is 54.2 Å². The number of nitrogens with zero attached hydrogens (tertiary/aromatic N) is 1. The molecule has 2 atom stereocenters. The maximum absolute atomic E-state index is 12.8. The molecule has 3 aliphatic heterocycles. The molecule has 0 aliphatic carbocycles. The minimum absolute atomic E-state index is 0.120. The number of hydrogen-bond acceptors (Lipinski definition) is 6. The minimum Gasteiger partial charge on any atom is -0.316 e. The summed E-state index contributed by atoms with van der Waals surface area (Å²) in [6, 6.07) is 4.30. The highest BCUT2D eigenvalue weighted by atomic mass is 16.2. The molecule has 0 saturated carbocycles. The fourth-order valence-corrected chi connectivity index (χ4v) is 4.15. The average Bonchev–Trinajstić information content (AvgIpc) is 2.93. The summed E-state index contributed by atoms with van der Waals surface area (Å²) in [4.78, 5) is 49.9. The molecule has 1 aromatic carbocycles. The Hall–Kier alpha value is -2.58. The van der Waals surface area contributed by atoms with Crippen molar-refractivity contribution >= 4 is 23.6 Å². The van der Waals surface area contributed by atoms with Gasteiger partial charge in [0.25, 0.3) is 11.8 Å². The molecular weight excluding hydrogens is 360 g/mol. The van der Waals surface area contributed by atoms with Crippen LogP contribution in [0.4, 0.5) is 0 Å². The van der Waals surface area contributed by atoms with Crippen molar-refractivity contribution in [3.8, 4) is 0 Å². The molecule has 0 aromatic heterocycles. The summed E-state index contributed by atoms with van der Waals surface area (Å²) >= 11 is 0. The first-order valence-corrected chi connectivity index (χ1v) is 9.80. The lowest BCUT2D eigenvalue weighted by Gasteiger charge is -2.27. The maximum atomic E-state index is 12.8. The summed E-state index contributed by atoms with van der Waals surface area (Å²) in [5.74, 6) is -1.29. The van der Waals surface area contributed by atoms with Crippen LogP contribution < -0.4 is 16.0 Å². The van der Waals surface area contributed by atoms with Crippen LogP contribution in [0.15, 0.2) is 18.2 Å². The van der Waals surface area contributed by atoms with E-state index in [1.165, 1.54) is 12.8 Å². The fourth-order valence-electron chi connectivity index (χ4n) is 4.15. The Morgan fingerprint density at radius 3 is 2.64 bits per heavy atom. The number of piperidine rings is 2. The molecule has 0 bridgehead atoms. The van der Waals surface area contributed by atoms with E-state index in [-0.39, 0.29) is 18.7 Å². The van der Waals surface area contributed by atoms with Gasteiger partial charge in [0, 0.05) is 13.0 Å². The van der Waals surface area contributed by atoms with Gasteiger partial charge < -0.3 is 10.6 Å². The number of carbonyl (C=O) groups is 4. The molecule has 8 heteroatoms. The van der Waals surface area contributed by atoms with Crippen molar-refractivity contribution in [2.45, 2.75) is 38.3 Å². The Balaban J connectivity index is 1.43. The number of fused-ring (bicyclic) bond motifs is 1. The standard InChI is InChI=1S/C20H24N4O4/c25-17-6-5-16(18(26)23-17)24-19(27)14-4-3-12(8-15(14)20(24)28)9-22-11-13-2-1-7-21-10-13/h3-4,8,13,16,21-22H,1-2,5-7,9-11H2,(H,23,25,26)/t13-,16?/m0/s1. The predicted molar refractivity (Wildman–Crippen MR) is 100 cm³/mol. The number of imide groups is 2. The SMILES string of the molecule is O=C1CCC(N2C(=O)c3ccc(CNC[C@H]4CCCNC4)cc3C2=O)C(=O)N1. The molecule has 3 heterocycles. The summed E-state index contributed by atoms with van der Waals surface area (Å²) in [5.41, 5.74) is 1.57. The van der Waals surface area contributed by atoms with E-state index in [1.54, 1.807) is 12.1 Å². The molecule has 2 fully saturated rings. The van der Waals surface area contributed by atoms with E-state index < -0.39 is 23.8 Å². The molecule has 2 saturated heterocycles. The lowest BCUT2D eigenvalue weighted by atomic mass is 9.99. The van der Waals surface area contributed by atoms with Crippen LogP contribution in [0, 0.1) is 5.92 Å². The summed E-state index contributed by atoms with van der Waals surface area (Å²) < 4.78 is 0. The van der Waals surface area contributed by atoms with Crippen LogP contribution in [0.1, 0.15) is 52.0 Å². The minimum atomic E-state index is -0.925. The second-order valence-electron chi connectivity index (χ2n) is 7.67. The van der Waals surface area contributed by atoms with E-state index in [0.29, 0.717) is 23.6 Å². The van der Waals surface area contributed by atoms with Gasteiger partial charge >= 0.3 is 0 Å². The van der Waals surface area contributed by atoms with Crippen molar-refractivity contribution in [3.63, 3.8) is 0 Å². The van der Waals surface area contributed by atoms with Crippen LogP contribution in [-0.2, 0) is 16.1 Å². The molecule has 148 valence electrons. The van der Waals surface area contributed by atoms with Crippen molar-refractivity contribution in [2.75, 3.05) is 19.6 Å². The zero-order valence-electron chi connectivity index (χ0n) is 15.6. The van der Waals surface area contributed by atoms with Crippen LogP contribution in [0.5, 0.6) is 0 Å². The van der Waals surface area contributed by atoms with E-state index >= 15 is 0 Å². The van der Waals surface area contributed by atoms with Gasteiger partial charge in [-0.25, -0.2) is 0 Å².